The largest absolute Gasteiger partial charge is 0.316 e. The van der Waals surface area contributed by atoms with Gasteiger partial charge in [-0.25, -0.2) is 0 Å². The molecule has 0 radical (unpaired) electrons. The van der Waals surface area contributed by atoms with Crippen molar-refractivity contribution in [3.05, 3.63) is 35.4 Å². The molecule has 1 fully saturated rings. The second-order valence-electron chi connectivity index (χ2n) is 4.04. The van der Waals surface area contributed by atoms with E-state index in [1.54, 1.807) is 6.07 Å². The lowest BCUT2D eigenvalue weighted by Gasteiger charge is -2.26. The molecular formula is C12H14N2OS. The first kappa shape index (κ1) is 11.3. The quantitative estimate of drug-likeness (QED) is 0.846. The lowest BCUT2D eigenvalue weighted by Crippen LogP contribution is -2.44. The van der Waals surface area contributed by atoms with Crippen molar-refractivity contribution in [2.45, 2.75) is 5.75 Å². The van der Waals surface area contributed by atoms with Crippen LogP contribution < -0.4 is 5.32 Å². The van der Waals surface area contributed by atoms with E-state index in [1.807, 2.05) is 18.2 Å². The first-order valence-electron chi connectivity index (χ1n) is 5.33. The summed E-state index contributed by atoms with van der Waals surface area (Å²) in [6.07, 6.45) is 0. The number of benzene rings is 1. The van der Waals surface area contributed by atoms with Crippen molar-refractivity contribution in [3.8, 4) is 6.07 Å². The van der Waals surface area contributed by atoms with E-state index in [0.717, 1.165) is 24.4 Å². The van der Waals surface area contributed by atoms with Gasteiger partial charge in [-0.2, -0.15) is 5.26 Å². The highest BCUT2D eigenvalue weighted by Gasteiger charge is 2.19. The first-order chi connectivity index (χ1) is 7.79. The van der Waals surface area contributed by atoms with E-state index in [2.05, 4.69) is 11.4 Å². The monoisotopic (exact) mass is 234 g/mol. The third kappa shape index (κ3) is 2.69. The number of nitrogens with zero attached hydrogens (tertiary/aromatic N) is 1. The number of hydrogen-bond acceptors (Lipinski definition) is 3. The van der Waals surface area contributed by atoms with Gasteiger partial charge in [-0.3, -0.25) is 4.21 Å². The Balaban J connectivity index is 1.97. The van der Waals surface area contributed by atoms with Gasteiger partial charge in [-0.05, 0) is 17.5 Å². The second kappa shape index (κ2) is 5.24. The number of nitrogens with one attached hydrogen (secondary N) is 1. The van der Waals surface area contributed by atoms with E-state index in [9.17, 15) is 4.21 Å². The summed E-state index contributed by atoms with van der Waals surface area (Å²) in [4.78, 5) is 0. The summed E-state index contributed by atoms with van der Waals surface area (Å²) >= 11 is 0. The number of rotatable bonds is 4. The Morgan fingerprint density at radius 2 is 2.19 bits per heavy atom. The molecular weight excluding hydrogens is 220 g/mol. The third-order valence-electron chi connectivity index (χ3n) is 2.74. The molecule has 0 aliphatic carbocycles. The smallest absolute Gasteiger partial charge is 0.0994 e. The van der Waals surface area contributed by atoms with Crippen LogP contribution >= 0.6 is 0 Å². The Hall–Kier alpha value is -1.18. The predicted molar refractivity (Wildman–Crippen MR) is 64.2 cm³/mol. The summed E-state index contributed by atoms with van der Waals surface area (Å²) in [5.41, 5.74) is 1.54. The van der Waals surface area contributed by atoms with E-state index in [-0.39, 0.29) is 0 Å². The van der Waals surface area contributed by atoms with Crippen LogP contribution in [-0.4, -0.2) is 23.1 Å². The Morgan fingerprint density at radius 3 is 2.81 bits per heavy atom. The van der Waals surface area contributed by atoms with Crippen molar-refractivity contribution in [2.24, 2.45) is 5.92 Å². The van der Waals surface area contributed by atoms with E-state index in [4.69, 9.17) is 5.26 Å². The fourth-order valence-corrected chi connectivity index (χ4v) is 3.19. The van der Waals surface area contributed by atoms with Gasteiger partial charge >= 0.3 is 0 Å². The fraction of sp³-hybridized carbons (Fsp3) is 0.417. The standard InChI is InChI=1S/C12H14N2OS/c13-5-11-3-1-2-4-12(11)9-16(15)8-10-6-14-7-10/h1-4,10,14H,6-9H2. The zero-order valence-corrected chi connectivity index (χ0v) is 9.80. The molecule has 84 valence electrons. The molecule has 1 aliphatic rings. The Morgan fingerprint density at radius 1 is 1.44 bits per heavy atom. The molecule has 1 aliphatic heterocycles. The highest BCUT2D eigenvalue weighted by molar-refractivity contribution is 7.84. The Labute approximate surface area is 97.9 Å². The first-order valence-corrected chi connectivity index (χ1v) is 6.82. The summed E-state index contributed by atoms with van der Waals surface area (Å²) in [5.74, 6) is 1.79. The minimum absolute atomic E-state index is 0.500. The molecule has 0 bridgehead atoms. The normalized spacial score (nSPS) is 17.4. The van der Waals surface area contributed by atoms with Crippen molar-refractivity contribution in [1.82, 2.24) is 5.32 Å². The molecule has 16 heavy (non-hydrogen) atoms. The van der Waals surface area contributed by atoms with Crippen LogP contribution in [0.15, 0.2) is 24.3 Å². The highest BCUT2D eigenvalue weighted by Crippen LogP contribution is 2.13. The van der Waals surface area contributed by atoms with Crippen molar-refractivity contribution in [3.63, 3.8) is 0 Å². The maximum Gasteiger partial charge on any atom is 0.0994 e. The molecule has 0 saturated carbocycles. The van der Waals surface area contributed by atoms with Gasteiger partial charge in [0.25, 0.3) is 0 Å². The summed E-state index contributed by atoms with van der Waals surface area (Å²) in [7, 11) is -0.853. The molecule has 1 atom stereocenters. The molecule has 1 N–H and O–H groups in total. The van der Waals surface area contributed by atoms with Gasteiger partial charge in [0.2, 0.25) is 0 Å². The van der Waals surface area contributed by atoms with Gasteiger partial charge in [0.05, 0.1) is 11.6 Å². The maximum absolute atomic E-state index is 11.9. The lowest BCUT2D eigenvalue weighted by molar-refractivity contribution is 0.382. The molecule has 0 amide bonds. The molecule has 1 aromatic rings. The van der Waals surface area contributed by atoms with Crippen molar-refractivity contribution in [1.29, 1.82) is 5.26 Å². The minimum atomic E-state index is -0.853. The molecule has 1 saturated heterocycles. The van der Waals surface area contributed by atoms with E-state index in [1.165, 1.54) is 0 Å². The average molecular weight is 234 g/mol. The van der Waals surface area contributed by atoms with Gasteiger partial charge in [-0.15, -0.1) is 0 Å². The van der Waals surface area contributed by atoms with Crippen LogP contribution in [0, 0.1) is 17.2 Å². The van der Waals surface area contributed by atoms with E-state index < -0.39 is 10.8 Å². The van der Waals surface area contributed by atoms with Crippen LogP contribution in [0.3, 0.4) is 0 Å². The van der Waals surface area contributed by atoms with E-state index in [0.29, 0.717) is 17.2 Å². The van der Waals surface area contributed by atoms with E-state index >= 15 is 0 Å². The third-order valence-corrected chi connectivity index (χ3v) is 4.22. The molecule has 4 heteroatoms. The average Bonchev–Trinajstić information content (AvgIpc) is 2.24. The number of hydrogen-bond donors (Lipinski definition) is 1. The van der Waals surface area contributed by atoms with Crippen molar-refractivity contribution >= 4 is 10.8 Å². The lowest BCUT2D eigenvalue weighted by atomic mass is 10.1. The topological polar surface area (TPSA) is 52.9 Å². The fourth-order valence-electron chi connectivity index (χ4n) is 1.72. The SMILES string of the molecule is N#Cc1ccccc1CS(=O)CC1CNC1. The van der Waals surface area contributed by atoms with Crippen LogP contribution in [-0.2, 0) is 16.6 Å². The summed E-state index contributed by atoms with van der Waals surface area (Å²) in [6.45, 7) is 1.96. The molecule has 0 spiro atoms. The Kier molecular flexibility index (Phi) is 3.70. The second-order valence-corrected chi connectivity index (χ2v) is 5.55. The van der Waals surface area contributed by atoms with Gasteiger partial charge in [0, 0.05) is 35.4 Å². The molecule has 1 aromatic carbocycles. The number of nitriles is 1. The van der Waals surface area contributed by atoms with Gasteiger partial charge in [-0.1, -0.05) is 18.2 Å². The van der Waals surface area contributed by atoms with Gasteiger partial charge in [0.15, 0.2) is 0 Å². The van der Waals surface area contributed by atoms with Gasteiger partial charge in [0.1, 0.15) is 0 Å². The molecule has 2 rings (SSSR count). The van der Waals surface area contributed by atoms with Crippen molar-refractivity contribution < 1.29 is 4.21 Å². The maximum atomic E-state index is 11.9. The minimum Gasteiger partial charge on any atom is -0.316 e. The molecule has 1 heterocycles. The van der Waals surface area contributed by atoms with Crippen LogP contribution in [0.5, 0.6) is 0 Å². The van der Waals surface area contributed by atoms with Crippen LogP contribution in [0.1, 0.15) is 11.1 Å². The molecule has 0 aromatic heterocycles. The summed E-state index contributed by atoms with van der Waals surface area (Å²) in [5, 5.41) is 12.1. The van der Waals surface area contributed by atoms with Gasteiger partial charge < -0.3 is 5.32 Å². The molecule has 1 unspecified atom stereocenters. The zero-order chi connectivity index (χ0) is 11.4. The summed E-state index contributed by atoms with van der Waals surface area (Å²) < 4.78 is 11.9. The highest BCUT2D eigenvalue weighted by atomic mass is 32.2. The van der Waals surface area contributed by atoms with Crippen LogP contribution in [0.25, 0.3) is 0 Å². The van der Waals surface area contributed by atoms with Crippen LogP contribution in [0.4, 0.5) is 0 Å². The summed E-state index contributed by atoms with van der Waals surface area (Å²) in [6, 6.07) is 9.52. The van der Waals surface area contributed by atoms with Crippen molar-refractivity contribution in [2.75, 3.05) is 18.8 Å². The zero-order valence-electron chi connectivity index (χ0n) is 8.98. The molecule has 3 nitrogen and oxygen atoms in total. The predicted octanol–water partition coefficient (Wildman–Crippen LogP) is 1.03. The Bertz CT molecular complexity index is 435. The van der Waals surface area contributed by atoms with Crippen LogP contribution in [0.2, 0.25) is 0 Å².